The van der Waals surface area contributed by atoms with Gasteiger partial charge in [-0.25, -0.2) is 13.1 Å². The number of hydrogen-bond donors (Lipinski definition) is 2. The van der Waals surface area contributed by atoms with Crippen molar-refractivity contribution in [1.29, 1.82) is 0 Å². The SMILES string of the molecule is CCc1ccc(S(=O)(=O)NC2CCCOC2)cc1CNC. The molecule has 5 nitrogen and oxygen atoms in total. The molecule has 2 N–H and O–H groups in total. The average molecular weight is 312 g/mol. The Morgan fingerprint density at radius 1 is 1.33 bits per heavy atom. The first-order chi connectivity index (χ1) is 10.1. The van der Waals surface area contributed by atoms with Gasteiger partial charge in [-0.1, -0.05) is 13.0 Å². The molecule has 0 bridgehead atoms. The van der Waals surface area contributed by atoms with Crippen molar-refractivity contribution < 1.29 is 13.2 Å². The van der Waals surface area contributed by atoms with Gasteiger partial charge in [0.1, 0.15) is 0 Å². The summed E-state index contributed by atoms with van der Waals surface area (Å²) < 4.78 is 33.0. The van der Waals surface area contributed by atoms with Crippen molar-refractivity contribution in [1.82, 2.24) is 10.0 Å². The summed E-state index contributed by atoms with van der Waals surface area (Å²) in [6.45, 7) is 3.91. The molecular weight excluding hydrogens is 288 g/mol. The van der Waals surface area contributed by atoms with Crippen LogP contribution in [0.15, 0.2) is 23.1 Å². The van der Waals surface area contributed by atoms with Gasteiger partial charge in [-0.3, -0.25) is 0 Å². The second-order valence-electron chi connectivity index (χ2n) is 5.35. The van der Waals surface area contributed by atoms with Gasteiger partial charge in [0, 0.05) is 19.2 Å². The second-order valence-corrected chi connectivity index (χ2v) is 7.06. The van der Waals surface area contributed by atoms with Crippen LogP contribution in [0.4, 0.5) is 0 Å². The molecule has 1 saturated heterocycles. The van der Waals surface area contributed by atoms with Crippen LogP contribution in [0.5, 0.6) is 0 Å². The number of aryl methyl sites for hydroxylation is 1. The molecule has 1 atom stereocenters. The van der Waals surface area contributed by atoms with Crippen molar-refractivity contribution >= 4 is 10.0 Å². The number of sulfonamides is 1. The van der Waals surface area contributed by atoms with Crippen LogP contribution in [0.1, 0.15) is 30.9 Å². The minimum atomic E-state index is -3.48. The van der Waals surface area contributed by atoms with E-state index in [0.717, 1.165) is 31.4 Å². The van der Waals surface area contributed by atoms with Crippen molar-refractivity contribution in [3.8, 4) is 0 Å². The molecule has 1 aliphatic heterocycles. The summed E-state index contributed by atoms with van der Waals surface area (Å²) >= 11 is 0. The largest absolute Gasteiger partial charge is 0.380 e. The van der Waals surface area contributed by atoms with Gasteiger partial charge in [0.05, 0.1) is 11.5 Å². The summed E-state index contributed by atoms with van der Waals surface area (Å²) in [5.41, 5.74) is 2.20. The van der Waals surface area contributed by atoms with Crippen molar-refractivity contribution in [2.24, 2.45) is 0 Å². The van der Waals surface area contributed by atoms with Crippen LogP contribution >= 0.6 is 0 Å². The zero-order valence-electron chi connectivity index (χ0n) is 12.7. The quantitative estimate of drug-likeness (QED) is 0.834. The Kier molecular flexibility index (Phi) is 5.75. The van der Waals surface area contributed by atoms with Gasteiger partial charge in [-0.2, -0.15) is 0 Å². The predicted octanol–water partition coefficient (Wildman–Crippen LogP) is 1.43. The van der Waals surface area contributed by atoms with E-state index in [-0.39, 0.29) is 6.04 Å². The van der Waals surface area contributed by atoms with Crippen LogP contribution in [-0.4, -0.2) is 34.7 Å². The monoisotopic (exact) mass is 312 g/mol. The van der Waals surface area contributed by atoms with Crippen molar-refractivity contribution in [3.05, 3.63) is 29.3 Å². The van der Waals surface area contributed by atoms with Gasteiger partial charge >= 0.3 is 0 Å². The first-order valence-corrected chi connectivity index (χ1v) is 8.91. The van der Waals surface area contributed by atoms with Gasteiger partial charge in [-0.15, -0.1) is 0 Å². The van der Waals surface area contributed by atoms with Crippen molar-refractivity contribution in [2.75, 3.05) is 20.3 Å². The van der Waals surface area contributed by atoms with E-state index in [1.165, 1.54) is 5.56 Å². The van der Waals surface area contributed by atoms with E-state index in [9.17, 15) is 8.42 Å². The zero-order valence-corrected chi connectivity index (χ0v) is 13.5. The van der Waals surface area contributed by atoms with E-state index in [4.69, 9.17) is 4.74 Å². The molecule has 21 heavy (non-hydrogen) atoms. The molecule has 1 aliphatic rings. The Bertz CT molecular complexity index is 566. The zero-order chi connectivity index (χ0) is 15.3. The predicted molar refractivity (Wildman–Crippen MR) is 82.7 cm³/mol. The van der Waals surface area contributed by atoms with Crippen molar-refractivity contribution in [3.63, 3.8) is 0 Å². The maximum Gasteiger partial charge on any atom is 0.240 e. The summed E-state index contributed by atoms with van der Waals surface area (Å²) in [5, 5.41) is 3.08. The molecule has 0 aromatic heterocycles. The maximum absolute atomic E-state index is 12.5. The van der Waals surface area contributed by atoms with E-state index in [1.807, 2.05) is 13.1 Å². The fourth-order valence-electron chi connectivity index (χ4n) is 2.59. The smallest absolute Gasteiger partial charge is 0.240 e. The lowest BCUT2D eigenvalue weighted by molar-refractivity contribution is 0.0774. The van der Waals surface area contributed by atoms with E-state index < -0.39 is 10.0 Å². The van der Waals surface area contributed by atoms with Crippen LogP contribution < -0.4 is 10.0 Å². The Morgan fingerprint density at radius 2 is 2.14 bits per heavy atom. The lowest BCUT2D eigenvalue weighted by Crippen LogP contribution is -2.40. The summed E-state index contributed by atoms with van der Waals surface area (Å²) in [5.74, 6) is 0. The molecule has 2 rings (SSSR count). The highest BCUT2D eigenvalue weighted by Crippen LogP contribution is 2.18. The van der Waals surface area contributed by atoms with E-state index >= 15 is 0 Å². The minimum absolute atomic E-state index is 0.123. The summed E-state index contributed by atoms with van der Waals surface area (Å²) in [4.78, 5) is 0.329. The topological polar surface area (TPSA) is 67.4 Å². The summed E-state index contributed by atoms with van der Waals surface area (Å²) in [7, 11) is -1.62. The third kappa shape index (κ3) is 4.26. The highest BCUT2D eigenvalue weighted by Gasteiger charge is 2.22. The van der Waals surface area contributed by atoms with Gasteiger partial charge in [0.15, 0.2) is 0 Å². The molecule has 0 saturated carbocycles. The van der Waals surface area contributed by atoms with Gasteiger partial charge in [-0.05, 0) is 49.6 Å². The van der Waals surface area contributed by atoms with Crippen LogP contribution in [0, 0.1) is 0 Å². The molecule has 0 amide bonds. The second kappa shape index (κ2) is 7.35. The fourth-order valence-corrected chi connectivity index (χ4v) is 3.90. The average Bonchev–Trinajstić information content (AvgIpc) is 2.48. The lowest BCUT2D eigenvalue weighted by atomic mass is 10.1. The molecule has 1 unspecified atom stereocenters. The third-order valence-electron chi connectivity index (χ3n) is 3.72. The van der Waals surface area contributed by atoms with E-state index in [1.54, 1.807) is 12.1 Å². The number of ether oxygens (including phenoxy) is 1. The highest BCUT2D eigenvalue weighted by atomic mass is 32.2. The minimum Gasteiger partial charge on any atom is -0.380 e. The molecule has 6 heteroatoms. The molecule has 1 heterocycles. The standard InChI is InChI=1S/C15H24N2O3S/c1-3-12-6-7-15(9-13(12)10-16-2)21(18,19)17-14-5-4-8-20-11-14/h6-7,9,14,16-17H,3-5,8,10-11H2,1-2H3. The summed E-state index contributed by atoms with van der Waals surface area (Å²) in [6.07, 6.45) is 2.61. The number of nitrogens with one attached hydrogen (secondary N) is 2. The molecule has 0 spiro atoms. The Hall–Kier alpha value is -0.950. The molecule has 0 aliphatic carbocycles. The normalized spacial score (nSPS) is 19.6. The first-order valence-electron chi connectivity index (χ1n) is 7.43. The molecule has 1 aromatic carbocycles. The Balaban J connectivity index is 2.20. The Labute approximate surface area is 127 Å². The third-order valence-corrected chi connectivity index (χ3v) is 5.24. The molecule has 1 aromatic rings. The van der Waals surface area contributed by atoms with Crippen LogP contribution in [0.25, 0.3) is 0 Å². The molecule has 1 fully saturated rings. The van der Waals surface area contributed by atoms with Gasteiger partial charge in [0.2, 0.25) is 10.0 Å². The number of hydrogen-bond acceptors (Lipinski definition) is 4. The molecule has 118 valence electrons. The molecular formula is C15H24N2O3S. The summed E-state index contributed by atoms with van der Waals surface area (Å²) in [6, 6.07) is 5.23. The maximum atomic E-state index is 12.5. The fraction of sp³-hybridized carbons (Fsp3) is 0.600. The molecule has 0 radical (unpaired) electrons. The van der Waals surface area contributed by atoms with Crippen LogP contribution in [0.3, 0.4) is 0 Å². The van der Waals surface area contributed by atoms with E-state index in [0.29, 0.717) is 18.0 Å². The van der Waals surface area contributed by atoms with Crippen LogP contribution in [-0.2, 0) is 27.7 Å². The lowest BCUT2D eigenvalue weighted by Gasteiger charge is -2.23. The van der Waals surface area contributed by atoms with Gasteiger partial charge in [0.25, 0.3) is 0 Å². The number of benzene rings is 1. The highest BCUT2D eigenvalue weighted by molar-refractivity contribution is 7.89. The van der Waals surface area contributed by atoms with Gasteiger partial charge < -0.3 is 10.1 Å². The number of rotatable bonds is 6. The van der Waals surface area contributed by atoms with E-state index in [2.05, 4.69) is 17.0 Å². The first kappa shape index (κ1) is 16.4. The Morgan fingerprint density at radius 3 is 2.76 bits per heavy atom. The van der Waals surface area contributed by atoms with Crippen molar-refractivity contribution in [2.45, 2.75) is 43.7 Å². The van der Waals surface area contributed by atoms with Crippen LogP contribution in [0.2, 0.25) is 0 Å².